The summed E-state index contributed by atoms with van der Waals surface area (Å²) in [6.45, 7) is 5.27. The largest absolute Gasteiger partial charge is 0.356 e. The fourth-order valence-electron chi connectivity index (χ4n) is 3.57. The predicted molar refractivity (Wildman–Crippen MR) is 126 cm³/mol. The second-order valence-corrected chi connectivity index (χ2v) is 8.95. The molecule has 0 amide bonds. The van der Waals surface area contributed by atoms with Crippen LogP contribution in [0.1, 0.15) is 17.5 Å². The molecule has 0 bridgehead atoms. The number of nitrogens with zero attached hydrogens (tertiary/aromatic N) is 3. The number of anilines is 1. The summed E-state index contributed by atoms with van der Waals surface area (Å²) in [6, 6.07) is 16.2. The first-order valence-electron chi connectivity index (χ1n) is 10.2. The molecule has 3 N–H and O–H groups in total. The molecule has 156 valence electrons. The molecule has 2 heterocycles. The standard InChI is InChI=1S/C23H26ClN5S/c1-16-7-8-18(11-21(16)24)22-26-13-19(14-27-30-20-5-3-2-4-6-20)23(28-22)29-10-9-17(12-25)15-29/h2-8,11,13,17,27H,9-10,12,14-15,25H2,1H3. The van der Waals surface area contributed by atoms with E-state index in [1.54, 1.807) is 11.9 Å². The molecule has 1 aromatic heterocycles. The second kappa shape index (κ2) is 9.79. The van der Waals surface area contributed by atoms with Crippen molar-refractivity contribution in [3.05, 3.63) is 70.9 Å². The molecule has 7 heteroatoms. The van der Waals surface area contributed by atoms with Gasteiger partial charge in [0, 0.05) is 46.9 Å². The van der Waals surface area contributed by atoms with Crippen LogP contribution in [0.5, 0.6) is 0 Å². The van der Waals surface area contributed by atoms with Gasteiger partial charge in [-0.3, -0.25) is 4.72 Å². The molecule has 1 fully saturated rings. The Kier molecular flexibility index (Phi) is 6.89. The molecule has 0 saturated carbocycles. The van der Waals surface area contributed by atoms with Crippen LogP contribution >= 0.6 is 23.5 Å². The van der Waals surface area contributed by atoms with Crippen LogP contribution in [0.2, 0.25) is 5.02 Å². The number of hydrogen-bond acceptors (Lipinski definition) is 6. The highest BCUT2D eigenvalue weighted by Gasteiger charge is 2.25. The molecule has 3 aromatic rings. The molecule has 1 aliphatic heterocycles. The summed E-state index contributed by atoms with van der Waals surface area (Å²) in [4.78, 5) is 13.1. The topological polar surface area (TPSA) is 67.1 Å². The molecule has 4 rings (SSSR count). The first-order chi connectivity index (χ1) is 14.6. The van der Waals surface area contributed by atoms with Crippen molar-refractivity contribution in [2.45, 2.75) is 24.8 Å². The van der Waals surface area contributed by atoms with Gasteiger partial charge in [0.15, 0.2) is 5.82 Å². The number of nitrogens with one attached hydrogen (secondary N) is 1. The summed E-state index contributed by atoms with van der Waals surface area (Å²) >= 11 is 7.95. The Labute approximate surface area is 187 Å². The molecular weight excluding hydrogens is 414 g/mol. The SMILES string of the molecule is Cc1ccc(-c2ncc(CNSc3ccccc3)c(N3CCC(CN)C3)n2)cc1Cl. The van der Waals surface area contributed by atoms with Gasteiger partial charge in [0.05, 0.1) is 0 Å². The van der Waals surface area contributed by atoms with Crippen molar-refractivity contribution in [3.63, 3.8) is 0 Å². The average molecular weight is 440 g/mol. The van der Waals surface area contributed by atoms with Crippen molar-refractivity contribution in [1.82, 2.24) is 14.7 Å². The zero-order chi connectivity index (χ0) is 20.9. The third-order valence-electron chi connectivity index (χ3n) is 5.39. The van der Waals surface area contributed by atoms with Gasteiger partial charge in [0.25, 0.3) is 0 Å². The number of rotatable bonds is 7. The molecule has 5 nitrogen and oxygen atoms in total. The lowest BCUT2D eigenvalue weighted by molar-refractivity contribution is 0.602. The summed E-state index contributed by atoms with van der Waals surface area (Å²) in [6.07, 6.45) is 3.03. The van der Waals surface area contributed by atoms with Gasteiger partial charge in [-0.15, -0.1) is 0 Å². The summed E-state index contributed by atoms with van der Waals surface area (Å²) in [5.74, 6) is 2.19. The number of benzene rings is 2. The second-order valence-electron chi connectivity index (χ2n) is 7.58. The average Bonchev–Trinajstić information content (AvgIpc) is 3.26. The first-order valence-corrected chi connectivity index (χ1v) is 11.4. The maximum Gasteiger partial charge on any atom is 0.161 e. The van der Waals surface area contributed by atoms with Gasteiger partial charge in [0.1, 0.15) is 5.82 Å². The van der Waals surface area contributed by atoms with Crippen LogP contribution < -0.4 is 15.4 Å². The zero-order valence-electron chi connectivity index (χ0n) is 17.0. The summed E-state index contributed by atoms with van der Waals surface area (Å²) in [5.41, 5.74) is 8.98. The summed E-state index contributed by atoms with van der Waals surface area (Å²) in [7, 11) is 0. The van der Waals surface area contributed by atoms with Crippen molar-refractivity contribution < 1.29 is 0 Å². The molecule has 30 heavy (non-hydrogen) atoms. The minimum Gasteiger partial charge on any atom is -0.356 e. The van der Waals surface area contributed by atoms with Gasteiger partial charge < -0.3 is 10.6 Å². The van der Waals surface area contributed by atoms with E-state index in [1.807, 2.05) is 49.5 Å². The van der Waals surface area contributed by atoms with E-state index in [9.17, 15) is 0 Å². The minimum atomic E-state index is 0.511. The van der Waals surface area contributed by atoms with Crippen LogP contribution in [0.3, 0.4) is 0 Å². The quantitative estimate of drug-likeness (QED) is 0.520. The molecule has 0 spiro atoms. The number of hydrogen-bond donors (Lipinski definition) is 2. The predicted octanol–water partition coefficient (Wildman–Crippen LogP) is 4.69. The third kappa shape index (κ3) is 4.95. The Balaban J connectivity index is 1.59. The van der Waals surface area contributed by atoms with E-state index in [0.29, 0.717) is 24.8 Å². The molecular formula is C23H26ClN5S. The molecule has 0 aliphatic carbocycles. The number of aromatic nitrogens is 2. The highest BCUT2D eigenvalue weighted by molar-refractivity contribution is 7.97. The Morgan fingerprint density at radius 3 is 2.80 bits per heavy atom. The molecule has 1 unspecified atom stereocenters. The highest BCUT2D eigenvalue weighted by atomic mass is 35.5. The van der Waals surface area contributed by atoms with Gasteiger partial charge >= 0.3 is 0 Å². The highest BCUT2D eigenvalue weighted by Crippen LogP contribution is 2.29. The molecule has 1 atom stereocenters. The van der Waals surface area contributed by atoms with Crippen molar-refractivity contribution in [3.8, 4) is 11.4 Å². The van der Waals surface area contributed by atoms with Gasteiger partial charge in [-0.1, -0.05) is 41.9 Å². The summed E-state index contributed by atoms with van der Waals surface area (Å²) in [5, 5.41) is 0.729. The lowest BCUT2D eigenvalue weighted by Crippen LogP contribution is -2.25. The molecule has 2 aromatic carbocycles. The monoisotopic (exact) mass is 439 g/mol. The van der Waals surface area contributed by atoms with Crippen LogP contribution in [-0.4, -0.2) is 29.6 Å². The third-order valence-corrected chi connectivity index (χ3v) is 6.59. The van der Waals surface area contributed by atoms with E-state index in [-0.39, 0.29) is 0 Å². The maximum atomic E-state index is 6.33. The fraction of sp³-hybridized carbons (Fsp3) is 0.304. The Hall–Kier alpha value is -2.12. The normalized spacial score (nSPS) is 16.2. The number of nitrogens with two attached hydrogens (primary N) is 1. The first kappa shape index (κ1) is 21.1. The van der Waals surface area contributed by atoms with E-state index in [2.05, 4.69) is 26.7 Å². The van der Waals surface area contributed by atoms with Crippen molar-refractivity contribution >= 4 is 29.4 Å². The van der Waals surface area contributed by atoms with Crippen molar-refractivity contribution in [1.29, 1.82) is 0 Å². The summed E-state index contributed by atoms with van der Waals surface area (Å²) < 4.78 is 3.45. The van der Waals surface area contributed by atoms with Crippen LogP contribution in [-0.2, 0) is 6.54 Å². The number of aryl methyl sites for hydroxylation is 1. The van der Waals surface area contributed by atoms with Gasteiger partial charge in [-0.2, -0.15) is 0 Å². The van der Waals surface area contributed by atoms with Crippen LogP contribution in [0, 0.1) is 12.8 Å². The van der Waals surface area contributed by atoms with Gasteiger partial charge in [-0.05, 0) is 61.5 Å². The number of halogens is 1. The van der Waals surface area contributed by atoms with Crippen molar-refractivity contribution in [2.24, 2.45) is 11.7 Å². The van der Waals surface area contributed by atoms with E-state index in [1.165, 1.54) is 4.90 Å². The lowest BCUT2D eigenvalue weighted by atomic mass is 10.1. The Morgan fingerprint density at radius 1 is 1.23 bits per heavy atom. The van der Waals surface area contributed by atoms with E-state index >= 15 is 0 Å². The molecule has 1 saturated heterocycles. The van der Waals surface area contributed by atoms with Crippen LogP contribution in [0.4, 0.5) is 5.82 Å². The lowest BCUT2D eigenvalue weighted by Gasteiger charge is -2.21. The fourth-order valence-corrected chi connectivity index (χ4v) is 4.44. The Morgan fingerprint density at radius 2 is 2.07 bits per heavy atom. The van der Waals surface area contributed by atoms with Gasteiger partial charge in [-0.25, -0.2) is 9.97 Å². The van der Waals surface area contributed by atoms with E-state index in [0.717, 1.165) is 47.0 Å². The molecule has 0 radical (unpaired) electrons. The van der Waals surface area contributed by atoms with E-state index < -0.39 is 0 Å². The minimum absolute atomic E-state index is 0.511. The van der Waals surface area contributed by atoms with Crippen LogP contribution in [0.15, 0.2) is 59.6 Å². The maximum absolute atomic E-state index is 6.33. The zero-order valence-corrected chi connectivity index (χ0v) is 18.6. The van der Waals surface area contributed by atoms with Crippen LogP contribution in [0.25, 0.3) is 11.4 Å². The smallest absolute Gasteiger partial charge is 0.161 e. The molecule has 1 aliphatic rings. The Bertz CT molecular complexity index is 998. The van der Waals surface area contributed by atoms with Crippen molar-refractivity contribution in [2.75, 3.05) is 24.5 Å². The van der Waals surface area contributed by atoms with E-state index in [4.69, 9.17) is 22.3 Å². The van der Waals surface area contributed by atoms with Gasteiger partial charge in [0.2, 0.25) is 0 Å².